The molecule has 0 saturated heterocycles. The minimum atomic E-state index is -0.972. The van der Waals surface area contributed by atoms with E-state index in [9.17, 15) is 4.79 Å². The van der Waals surface area contributed by atoms with Gasteiger partial charge >= 0.3 is 5.97 Å². The van der Waals surface area contributed by atoms with E-state index in [0.29, 0.717) is 18.3 Å². The van der Waals surface area contributed by atoms with E-state index in [1.165, 1.54) is 5.56 Å². The SMILES string of the molecule is Cc1ccc(OCC(C)CSc2ccc(OCC(=O)O)c(C)c2)cc1. The highest BCUT2D eigenvalue weighted by Gasteiger charge is 2.08. The van der Waals surface area contributed by atoms with Crippen molar-refractivity contribution in [3.63, 3.8) is 0 Å². The third kappa shape index (κ3) is 6.70. The monoisotopic (exact) mass is 360 g/mol. The molecule has 2 rings (SSSR count). The van der Waals surface area contributed by atoms with Crippen LogP contribution in [-0.4, -0.2) is 30.0 Å². The first-order valence-corrected chi connectivity index (χ1v) is 9.20. The number of carboxylic acids is 1. The predicted octanol–water partition coefficient (Wildman–Crippen LogP) is 4.57. The van der Waals surface area contributed by atoms with E-state index in [1.807, 2.05) is 49.4 Å². The van der Waals surface area contributed by atoms with Crippen LogP contribution in [0.1, 0.15) is 18.1 Å². The normalized spacial score (nSPS) is 11.8. The molecule has 0 radical (unpaired) electrons. The number of rotatable bonds is 9. The number of carboxylic acid groups (broad SMARTS) is 1. The van der Waals surface area contributed by atoms with Crippen molar-refractivity contribution in [3.8, 4) is 11.5 Å². The van der Waals surface area contributed by atoms with Crippen molar-refractivity contribution >= 4 is 17.7 Å². The van der Waals surface area contributed by atoms with Gasteiger partial charge in [-0.2, -0.15) is 0 Å². The van der Waals surface area contributed by atoms with E-state index >= 15 is 0 Å². The van der Waals surface area contributed by atoms with E-state index < -0.39 is 5.97 Å². The molecule has 25 heavy (non-hydrogen) atoms. The van der Waals surface area contributed by atoms with Crippen molar-refractivity contribution in [2.45, 2.75) is 25.7 Å². The lowest BCUT2D eigenvalue weighted by atomic mass is 10.2. The number of aliphatic carboxylic acids is 1. The summed E-state index contributed by atoms with van der Waals surface area (Å²) >= 11 is 1.76. The second-order valence-electron chi connectivity index (χ2n) is 6.15. The van der Waals surface area contributed by atoms with Crippen LogP contribution in [0.5, 0.6) is 11.5 Å². The van der Waals surface area contributed by atoms with E-state index in [2.05, 4.69) is 13.8 Å². The van der Waals surface area contributed by atoms with Crippen LogP contribution in [0, 0.1) is 19.8 Å². The van der Waals surface area contributed by atoms with Crippen LogP contribution in [0.25, 0.3) is 0 Å². The molecule has 4 nitrogen and oxygen atoms in total. The third-order valence-corrected chi connectivity index (χ3v) is 4.91. The smallest absolute Gasteiger partial charge is 0.341 e. The maximum atomic E-state index is 10.6. The second-order valence-corrected chi connectivity index (χ2v) is 7.24. The Balaban J connectivity index is 1.78. The molecule has 0 bridgehead atoms. The van der Waals surface area contributed by atoms with E-state index in [0.717, 1.165) is 22.0 Å². The first-order valence-electron chi connectivity index (χ1n) is 8.21. The van der Waals surface area contributed by atoms with Crippen LogP contribution >= 0.6 is 11.8 Å². The Bertz CT molecular complexity index is 697. The van der Waals surface area contributed by atoms with Crippen molar-refractivity contribution in [2.24, 2.45) is 5.92 Å². The van der Waals surface area contributed by atoms with Gasteiger partial charge in [0.05, 0.1) is 6.61 Å². The van der Waals surface area contributed by atoms with Gasteiger partial charge in [-0.1, -0.05) is 24.6 Å². The molecule has 5 heteroatoms. The number of carbonyl (C=O) groups is 1. The molecule has 2 aromatic rings. The maximum Gasteiger partial charge on any atom is 0.341 e. The maximum absolute atomic E-state index is 10.6. The zero-order valence-electron chi connectivity index (χ0n) is 14.8. The fraction of sp³-hybridized carbons (Fsp3) is 0.350. The molecule has 0 saturated carbocycles. The van der Waals surface area contributed by atoms with Crippen molar-refractivity contribution < 1.29 is 19.4 Å². The van der Waals surface area contributed by atoms with Crippen LogP contribution in [0.2, 0.25) is 0 Å². The number of thioether (sulfide) groups is 1. The number of hydrogen-bond acceptors (Lipinski definition) is 4. The molecular formula is C20H24O4S. The average Bonchev–Trinajstić information content (AvgIpc) is 2.58. The van der Waals surface area contributed by atoms with Crippen LogP contribution in [0.3, 0.4) is 0 Å². The molecule has 0 aliphatic rings. The Morgan fingerprint density at radius 2 is 1.84 bits per heavy atom. The van der Waals surface area contributed by atoms with Crippen LogP contribution in [-0.2, 0) is 4.79 Å². The predicted molar refractivity (Wildman–Crippen MR) is 101 cm³/mol. The van der Waals surface area contributed by atoms with Crippen molar-refractivity contribution in [2.75, 3.05) is 19.0 Å². The summed E-state index contributed by atoms with van der Waals surface area (Å²) in [6, 6.07) is 13.9. The average molecular weight is 360 g/mol. The van der Waals surface area contributed by atoms with Crippen molar-refractivity contribution in [1.29, 1.82) is 0 Å². The van der Waals surface area contributed by atoms with Crippen LogP contribution in [0.15, 0.2) is 47.4 Å². The van der Waals surface area contributed by atoms with Gasteiger partial charge in [0.2, 0.25) is 0 Å². The summed E-state index contributed by atoms with van der Waals surface area (Å²) in [5.74, 6) is 1.90. The Morgan fingerprint density at radius 3 is 2.48 bits per heavy atom. The number of benzene rings is 2. The molecule has 1 N–H and O–H groups in total. The van der Waals surface area contributed by atoms with Gasteiger partial charge in [0, 0.05) is 10.6 Å². The Morgan fingerprint density at radius 1 is 1.12 bits per heavy atom. The lowest BCUT2D eigenvalue weighted by Gasteiger charge is -2.14. The van der Waals surface area contributed by atoms with E-state index in [4.69, 9.17) is 14.6 Å². The highest BCUT2D eigenvalue weighted by Crippen LogP contribution is 2.27. The van der Waals surface area contributed by atoms with Gasteiger partial charge in [0.15, 0.2) is 6.61 Å². The van der Waals surface area contributed by atoms with Crippen LogP contribution < -0.4 is 9.47 Å². The fourth-order valence-corrected chi connectivity index (χ4v) is 3.17. The molecule has 1 atom stereocenters. The highest BCUT2D eigenvalue weighted by molar-refractivity contribution is 7.99. The van der Waals surface area contributed by atoms with Crippen molar-refractivity contribution in [1.82, 2.24) is 0 Å². The molecule has 0 aliphatic carbocycles. The summed E-state index contributed by atoms with van der Waals surface area (Å²) in [5.41, 5.74) is 2.16. The first kappa shape index (κ1) is 19.2. The highest BCUT2D eigenvalue weighted by atomic mass is 32.2. The van der Waals surface area contributed by atoms with Gasteiger partial charge in [0.1, 0.15) is 11.5 Å². The Hall–Kier alpha value is -2.14. The lowest BCUT2D eigenvalue weighted by Crippen LogP contribution is -2.11. The standard InChI is InChI=1S/C20H24O4S/c1-14-4-6-17(7-5-14)23-11-15(2)13-25-18-8-9-19(16(3)10-18)24-12-20(21)22/h4-10,15H,11-13H2,1-3H3,(H,21,22). The molecule has 1 unspecified atom stereocenters. The summed E-state index contributed by atoms with van der Waals surface area (Å²) in [6.45, 7) is 6.50. The minimum Gasteiger partial charge on any atom is -0.493 e. The van der Waals surface area contributed by atoms with Crippen LogP contribution in [0.4, 0.5) is 0 Å². The number of ether oxygens (including phenoxy) is 2. The van der Waals surface area contributed by atoms with Gasteiger partial charge in [-0.15, -0.1) is 11.8 Å². The largest absolute Gasteiger partial charge is 0.493 e. The molecule has 0 heterocycles. The number of aryl methyl sites for hydroxylation is 2. The lowest BCUT2D eigenvalue weighted by molar-refractivity contribution is -0.139. The quantitative estimate of drug-likeness (QED) is 0.664. The molecule has 0 fully saturated rings. The first-order chi connectivity index (χ1) is 11.9. The Labute approximate surface area is 153 Å². The Kier molecular flexibility index (Phi) is 7.19. The zero-order chi connectivity index (χ0) is 18.2. The molecule has 0 aromatic heterocycles. The van der Waals surface area contributed by atoms with E-state index in [-0.39, 0.29) is 6.61 Å². The third-order valence-electron chi connectivity index (χ3n) is 3.59. The summed E-state index contributed by atoms with van der Waals surface area (Å²) in [4.78, 5) is 11.7. The topological polar surface area (TPSA) is 55.8 Å². The van der Waals surface area contributed by atoms with Gasteiger partial charge in [-0.3, -0.25) is 0 Å². The molecular weight excluding hydrogens is 336 g/mol. The van der Waals surface area contributed by atoms with Gasteiger partial charge in [-0.25, -0.2) is 4.79 Å². The second kappa shape index (κ2) is 9.37. The summed E-state index contributed by atoms with van der Waals surface area (Å²) in [5, 5.41) is 8.67. The minimum absolute atomic E-state index is 0.319. The number of hydrogen-bond donors (Lipinski definition) is 1. The molecule has 134 valence electrons. The zero-order valence-corrected chi connectivity index (χ0v) is 15.6. The molecule has 0 aliphatic heterocycles. The molecule has 2 aromatic carbocycles. The fourth-order valence-electron chi connectivity index (χ4n) is 2.17. The summed E-state index contributed by atoms with van der Waals surface area (Å²) in [6.07, 6.45) is 0. The molecule has 0 spiro atoms. The van der Waals surface area contributed by atoms with Gasteiger partial charge < -0.3 is 14.6 Å². The van der Waals surface area contributed by atoms with E-state index in [1.54, 1.807) is 11.8 Å². The summed E-state index contributed by atoms with van der Waals surface area (Å²) < 4.78 is 11.1. The summed E-state index contributed by atoms with van der Waals surface area (Å²) in [7, 11) is 0. The molecule has 0 amide bonds. The van der Waals surface area contributed by atoms with Gasteiger partial charge in [-0.05, 0) is 55.7 Å². The van der Waals surface area contributed by atoms with Gasteiger partial charge in [0.25, 0.3) is 0 Å². The van der Waals surface area contributed by atoms with Crippen molar-refractivity contribution in [3.05, 3.63) is 53.6 Å².